The number of hydrogen-bond donors (Lipinski definition) is 1. The molecule has 0 saturated carbocycles. The molecule has 0 rings (SSSR count). The van der Waals surface area contributed by atoms with Crippen LogP contribution in [0.5, 0.6) is 0 Å². The fourth-order valence-electron chi connectivity index (χ4n) is 0. The Morgan fingerprint density at radius 3 is 1.89 bits per heavy atom. The Bertz CT molecular complexity index is 52.9. The standard InChI is InChI=1S/C2H5O2.HNO3.Y/c1-3-4-2;2-1(3)4;/h1H2,2H3;(H,2,3,4);/q-1;;. The zero-order valence-corrected chi connectivity index (χ0v) is 7.65. The van der Waals surface area contributed by atoms with E-state index in [0.717, 1.165) is 0 Å². The monoisotopic (exact) mass is 213 g/mol. The molecule has 9 heavy (non-hydrogen) atoms. The van der Waals surface area contributed by atoms with Crippen LogP contribution in [0.25, 0.3) is 0 Å². The molecular weight excluding hydrogens is 207 g/mol. The Hall–Kier alpha value is 0.224. The Morgan fingerprint density at radius 2 is 1.89 bits per heavy atom. The van der Waals surface area contributed by atoms with Gasteiger partial charge in [-0.2, -0.15) is 7.11 Å². The molecule has 53 valence electrons. The summed E-state index contributed by atoms with van der Waals surface area (Å²) in [6.45, 7) is 0. The van der Waals surface area contributed by atoms with Crippen molar-refractivity contribution in [2.24, 2.45) is 0 Å². The van der Waals surface area contributed by atoms with E-state index in [4.69, 9.17) is 15.3 Å². The zero-order valence-electron chi connectivity index (χ0n) is 4.81. The quantitative estimate of drug-likeness (QED) is 0.287. The van der Waals surface area contributed by atoms with Crippen molar-refractivity contribution in [3.05, 3.63) is 17.2 Å². The summed E-state index contributed by atoms with van der Waals surface area (Å²) in [5, 5.41) is 13.6. The first-order chi connectivity index (χ1) is 3.65. The fourth-order valence-corrected chi connectivity index (χ4v) is 0. The van der Waals surface area contributed by atoms with Crippen molar-refractivity contribution in [3.8, 4) is 0 Å². The molecule has 0 amide bonds. The first-order valence-electron chi connectivity index (χ1n) is 1.43. The van der Waals surface area contributed by atoms with Gasteiger partial charge in [0.25, 0.3) is 5.09 Å². The van der Waals surface area contributed by atoms with E-state index in [2.05, 4.69) is 16.9 Å². The van der Waals surface area contributed by atoms with Gasteiger partial charge < -0.3 is 10.1 Å². The largest absolute Gasteiger partial charge is 0.416 e. The van der Waals surface area contributed by atoms with Crippen molar-refractivity contribution in [1.82, 2.24) is 0 Å². The average Bonchev–Trinajstić information content (AvgIpc) is 1.65. The predicted octanol–water partition coefficient (Wildman–Crippen LogP) is 0.00579. The van der Waals surface area contributed by atoms with Gasteiger partial charge in [-0.15, -0.1) is 10.1 Å². The van der Waals surface area contributed by atoms with E-state index in [1.807, 2.05) is 0 Å². The van der Waals surface area contributed by atoms with Crippen molar-refractivity contribution >= 4 is 0 Å². The molecule has 7 heteroatoms. The Balaban J connectivity index is -0.0000000720. The van der Waals surface area contributed by atoms with Crippen molar-refractivity contribution in [3.63, 3.8) is 0 Å². The third-order valence-corrected chi connectivity index (χ3v) is 0.118. The Morgan fingerprint density at radius 1 is 1.78 bits per heavy atom. The zero-order chi connectivity index (χ0) is 6.99. The minimum atomic E-state index is -1.50. The van der Waals surface area contributed by atoms with Crippen molar-refractivity contribution < 1.29 is 52.8 Å². The van der Waals surface area contributed by atoms with E-state index in [-0.39, 0.29) is 32.7 Å². The maximum atomic E-state index is 8.36. The van der Waals surface area contributed by atoms with Crippen LogP contribution >= 0.6 is 0 Å². The minimum Gasteiger partial charge on any atom is -0.416 e. The molecule has 0 aromatic rings. The third kappa shape index (κ3) is 213. The number of hydrogen-bond acceptors (Lipinski definition) is 4. The smallest absolute Gasteiger partial charge is 0.291 e. The van der Waals surface area contributed by atoms with Crippen LogP contribution in [-0.4, -0.2) is 17.4 Å². The topological polar surface area (TPSA) is 81.8 Å². The van der Waals surface area contributed by atoms with Crippen molar-refractivity contribution in [2.45, 2.75) is 0 Å². The molecule has 0 spiro atoms. The van der Waals surface area contributed by atoms with Gasteiger partial charge in [0.15, 0.2) is 0 Å². The van der Waals surface area contributed by atoms with Gasteiger partial charge in [-0.1, -0.05) is 0 Å². The molecule has 0 unspecified atom stereocenters. The van der Waals surface area contributed by atoms with E-state index < -0.39 is 5.09 Å². The summed E-state index contributed by atoms with van der Waals surface area (Å²) in [6.07, 6.45) is 0. The second-order valence-corrected chi connectivity index (χ2v) is 0.522. The molecule has 1 N–H and O–H groups in total. The van der Waals surface area contributed by atoms with Gasteiger partial charge in [0, 0.05) is 32.7 Å². The van der Waals surface area contributed by atoms with Crippen LogP contribution in [0.1, 0.15) is 0 Å². The molecule has 0 bridgehead atoms. The van der Waals surface area contributed by atoms with Crippen LogP contribution in [0.15, 0.2) is 0 Å². The van der Waals surface area contributed by atoms with Gasteiger partial charge in [-0.25, -0.2) is 0 Å². The van der Waals surface area contributed by atoms with Gasteiger partial charge >= 0.3 is 0 Å². The second kappa shape index (κ2) is 15.7. The predicted molar refractivity (Wildman–Crippen MR) is 22.2 cm³/mol. The van der Waals surface area contributed by atoms with Crippen LogP contribution in [0.3, 0.4) is 0 Å². The summed E-state index contributed by atoms with van der Waals surface area (Å²) in [5.74, 6) is 0. The molecule has 6 nitrogen and oxygen atoms in total. The van der Waals surface area contributed by atoms with E-state index >= 15 is 0 Å². The molecule has 0 saturated heterocycles. The summed E-state index contributed by atoms with van der Waals surface area (Å²) in [7, 11) is 4.28. The number of nitrogens with zero attached hydrogens (tertiary/aromatic N) is 1. The summed E-state index contributed by atoms with van der Waals surface area (Å²) >= 11 is 0. The number of rotatable bonds is 1. The Kier molecular flexibility index (Phi) is 28.1. The maximum absolute atomic E-state index is 8.36. The van der Waals surface area contributed by atoms with E-state index in [1.165, 1.54) is 7.11 Å². The molecule has 0 aliphatic carbocycles. The van der Waals surface area contributed by atoms with Gasteiger partial charge in [0.05, 0.1) is 7.11 Å². The van der Waals surface area contributed by atoms with Crippen molar-refractivity contribution in [1.29, 1.82) is 0 Å². The van der Waals surface area contributed by atoms with Crippen LogP contribution in [-0.2, 0) is 42.5 Å². The fraction of sp³-hybridized carbons (Fsp3) is 0.500. The second-order valence-electron chi connectivity index (χ2n) is 0.522. The molecule has 0 heterocycles. The normalized spacial score (nSPS) is 6.00. The molecule has 0 atom stereocenters. The van der Waals surface area contributed by atoms with Crippen LogP contribution in [0.2, 0.25) is 0 Å². The molecule has 1 radical (unpaired) electrons. The summed E-state index contributed by atoms with van der Waals surface area (Å²) in [5.41, 5.74) is 0. The molecular formula is C2H6NO5Y-. The summed E-state index contributed by atoms with van der Waals surface area (Å²) in [4.78, 5) is 16.1. The average molecular weight is 213 g/mol. The van der Waals surface area contributed by atoms with Gasteiger partial charge in [0.2, 0.25) is 0 Å². The maximum Gasteiger partial charge on any atom is 0.291 e. The van der Waals surface area contributed by atoms with Crippen LogP contribution in [0.4, 0.5) is 0 Å². The summed E-state index contributed by atoms with van der Waals surface area (Å²) < 4.78 is 0. The Labute approximate surface area is 77.1 Å². The van der Waals surface area contributed by atoms with Crippen LogP contribution in [0, 0.1) is 17.2 Å². The SMILES string of the molecule is O=[N+]([O-])O.[CH2-]OOC.[Y]. The van der Waals surface area contributed by atoms with E-state index in [0.29, 0.717) is 0 Å². The van der Waals surface area contributed by atoms with Crippen LogP contribution < -0.4 is 0 Å². The molecule has 0 aromatic heterocycles. The molecule has 0 fully saturated rings. The molecule has 0 aliphatic heterocycles. The van der Waals surface area contributed by atoms with Gasteiger partial charge in [-0.05, 0) is 0 Å². The first-order valence-corrected chi connectivity index (χ1v) is 1.43. The molecule has 0 aliphatic rings. The van der Waals surface area contributed by atoms with Crippen molar-refractivity contribution in [2.75, 3.05) is 7.11 Å². The van der Waals surface area contributed by atoms with E-state index in [1.54, 1.807) is 0 Å². The van der Waals surface area contributed by atoms with Gasteiger partial charge in [0.1, 0.15) is 0 Å². The molecule has 0 aromatic carbocycles. The summed E-state index contributed by atoms with van der Waals surface area (Å²) in [6, 6.07) is 0. The minimum absolute atomic E-state index is 0. The van der Waals surface area contributed by atoms with Gasteiger partial charge in [-0.3, -0.25) is 4.89 Å². The first kappa shape index (κ1) is 16.1. The van der Waals surface area contributed by atoms with E-state index in [9.17, 15) is 0 Å². The third-order valence-electron chi connectivity index (χ3n) is 0.118.